The summed E-state index contributed by atoms with van der Waals surface area (Å²) in [4.78, 5) is 11.6. The molecule has 0 aromatic carbocycles. The van der Waals surface area contributed by atoms with Gasteiger partial charge in [-0.25, -0.2) is 4.98 Å². The number of thioether (sulfide) groups is 1. The van der Waals surface area contributed by atoms with Crippen molar-refractivity contribution in [3.05, 3.63) is 11.8 Å². The molecule has 3 rings (SSSR count). The molecule has 1 unspecified atom stereocenters. The normalized spacial score (nSPS) is 21.0. The Hall–Kier alpha value is -1.05. The molecule has 1 atom stereocenters. The van der Waals surface area contributed by atoms with Crippen LogP contribution in [0.4, 0.5) is 11.8 Å². The van der Waals surface area contributed by atoms with Crippen molar-refractivity contribution in [1.29, 1.82) is 0 Å². The number of rotatable bonds is 5. The largest absolute Gasteiger partial charge is 0.378 e. The summed E-state index contributed by atoms with van der Waals surface area (Å²) in [6, 6.07) is 2.43. The van der Waals surface area contributed by atoms with Crippen molar-refractivity contribution < 1.29 is 9.47 Å². The zero-order valence-electron chi connectivity index (χ0n) is 12.5. The average molecular weight is 310 g/mol. The van der Waals surface area contributed by atoms with Crippen LogP contribution in [-0.4, -0.2) is 61.8 Å². The number of morpholine rings is 1. The van der Waals surface area contributed by atoms with Gasteiger partial charge in [0, 0.05) is 24.4 Å². The zero-order valence-corrected chi connectivity index (χ0v) is 13.4. The van der Waals surface area contributed by atoms with Gasteiger partial charge in [0.05, 0.1) is 38.2 Å². The maximum absolute atomic E-state index is 5.41. The molecule has 0 spiro atoms. The molecule has 3 heterocycles. The van der Waals surface area contributed by atoms with Crippen LogP contribution in [0.5, 0.6) is 0 Å². The standard InChI is InChI=1S/C14H22N4O2S/c1-10(21-2)12-7-13(15-11-8-20-9-11)17-14(16-12)18-3-5-19-6-4-18/h7,10-11H,3-6,8-9H2,1-2H3,(H,15,16,17). The van der Waals surface area contributed by atoms with Gasteiger partial charge in [0.25, 0.3) is 0 Å². The summed E-state index contributed by atoms with van der Waals surface area (Å²) < 4.78 is 10.6. The molecule has 116 valence electrons. The summed E-state index contributed by atoms with van der Waals surface area (Å²) in [5, 5.41) is 3.79. The van der Waals surface area contributed by atoms with Gasteiger partial charge in [-0.05, 0) is 13.2 Å². The first-order valence-electron chi connectivity index (χ1n) is 7.35. The van der Waals surface area contributed by atoms with Gasteiger partial charge in [-0.1, -0.05) is 0 Å². The van der Waals surface area contributed by atoms with Crippen LogP contribution in [0.25, 0.3) is 0 Å². The van der Waals surface area contributed by atoms with Crippen LogP contribution in [0.2, 0.25) is 0 Å². The molecule has 0 saturated carbocycles. The van der Waals surface area contributed by atoms with Crippen molar-refractivity contribution in [2.75, 3.05) is 56.0 Å². The number of nitrogens with zero attached hydrogens (tertiary/aromatic N) is 3. The van der Waals surface area contributed by atoms with E-state index in [4.69, 9.17) is 14.5 Å². The molecule has 7 heteroatoms. The smallest absolute Gasteiger partial charge is 0.227 e. The fraction of sp³-hybridized carbons (Fsp3) is 0.714. The molecular weight excluding hydrogens is 288 g/mol. The summed E-state index contributed by atoms with van der Waals surface area (Å²) >= 11 is 1.79. The second-order valence-corrected chi connectivity index (χ2v) is 6.51. The first-order valence-corrected chi connectivity index (χ1v) is 8.64. The van der Waals surface area contributed by atoms with E-state index in [0.29, 0.717) is 11.3 Å². The fourth-order valence-electron chi connectivity index (χ4n) is 2.29. The van der Waals surface area contributed by atoms with Crippen molar-refractivity contribution in [2.45, 2.75) is 18.2 Å². The molecule has 1 aromatic rings. The average Bonchev–Trinajstić information content (AvgIpc) is 2.50. The number of hydrogen-bond acceptors (Lipinski definition) is 7. The fourth-order valence-corrected chi connectivity index (χ4v) is 2.65. The predicted octanol–water partition coefficient (Wildman–Crippen LogP) is 1.55. The van der Waals surface area contributed by atoms with Crippen molar-refractivity contribution >= 4 is 23.5 Å². The topological polar surface area (TPSA) is 59.5 Å². The van der Waals surface area contributed by atoms with E-state index in [1.165, 1.54) is 0 Å². The van der Waals surface area contributed by atoms with Crippen LogP contribution >= 0.6 is 11.8 Å². The highest BCUT2D eigenvalue weighted by molar-refractivity contribution is 7.98. The van der Waals surface area contributed by atoms with Gasteiger partial charge < -0.3 is 19.7 Å². The highest BCUT2D eigenvalue weighted by atomic mass is 32.2. The lowest BCUT2D eigenvalue weighted by atomic mass is 10.2. The van der Waals surface area contributed by atoms with Gasteiger partial charge in [0.1, 0.15) is 5.82 Å². The van der Waals surface area contributed by atoms with Crippen LogP contribution in [0.3, 0.4) is 0 Å². The molecule has 2 fully saturated rings. The second-order valence-electron chi connectivity index (χ2n) is 5.33. The van der Waals surface area contributed by atoms with Crippen LogP contribution in [0.1, 0.15) is 17.9 Å². The van der Waals surface area contributed by atoms with Crippen LogP contribution in [-0.2, 0) is 9.47 Å². The summed E-state index contributed by atoms with van der Waals surface area (Å²) in [6.45, 7) is 6.86. The van der Waals surface area contributed by atoms with E-state index in [-0.39, 0.29) is 0 Å². The molecule has 0 bridgehead atoms. The molecule has 2 aliphatic rings. The Morgan fingerprint density at radius 2 is 2.05 bits per heavy atom. The molecule has 0 radical (unpaired) electrons. The lowest BCUT2D eigenvalue weighted by molar-refractivity contribution is 0.0209. The Labute approximate surface area is 129 Å². The van der Waals surface area contributed by atoms with E-state index in [1.807, 2.05) is 0 Å². The Bertz CT molecular complexity index is 478. The van der Waals surface area contributed by atoms with E-state index in [2.05, 4.69) is 34.4 Å². The number of ether oxygens (including phenoxy) is 2. The summed E-state index contributed by atoms with van der Waals surface area (Å²) in [7, 11) is 0. The van der Waals surface area contributed by atoms with Gasteiger partial charge in [0.2, 0.25) is 5.95 Å². The van der Waals surface area contributed by atoms with Crippen LogP contribution < -0.4 is 10.2 Å². The first-order chi connectivity index (χ1) is 10.3. The third kappa shape index (κ3) is 3.59. The number of aromatic nitrogens is 2. The molecule has 0 amide bonds. The molecule has 0 aliphatic carbocycles. The van der Waals surface area contributed by atoms with Crippen molar-refractivity contribution in [2.24, 2.45) is 0 Å². The Morgan fingerprint density at radius 3 is 2.67 bits per heavy atom. The van der Waals surface area contributed by atoms with Gasteiger partial charge in [0.15, 0.2) is 0 Å². The monoisotopic (exact) mass is 310 g/mol. The Morgan fingerprint density at radius 1 is 1.29 bits per heavy atom. The minimum Gasteiger partial charge on any atom is -0.378 e. The second kappa shape index (κ2) is 6.81. The minimum absolute atomic E-state index is 0.353. The summed E-state index contributed by atoms with van der Waals surface area (Å²) in [5.74, 6) is 1.70. The molecule has 6 nitrogen and oxygen atoms in total. The minimum atomic E-state index is 0.353. The maximum atomic E-state index is 5.41. The van der Waals surface area contributed by atoms with Gasteiger partial charge in [-0.15, -0.1) is 0 Å². The molecule has 2 aliphatic heterocycles. The predicted molar refractivity (Wildman–Crippen MR) is 85.2 cm³/mol. The lowest BCUT2D eigenvalue weighted by Crippen LogP contribution is -2.41. The third-order valence-electron chi connectivity index (χ3n) is 3.79. The summed E-state index contributed by atoms with van der Waals surface area (Å²) in [5.41, 5.74) is 1.07. The number of nitrogens with one attached hydrogen (secondary N) is 1. The van der Waals surface area contributed by atoms with Crippen molar-refractivity contribution in [3.8, 4) is 0 Å². The molecule has 1 aromatic heterocycles. The number of anilines is 2. The van der Waals surface area contributed by atoms with Gasteiger partial charge in [-0.2, -0.15) is 16.7 Å². The summed E-state index contributed by atoms with van der Waals surface area (Å²) in [6.07, 6.45) is 2.11. The molecule has 2 saturated heterocycles. The van der Waals surface area contributed by atoms with Gasteiger partial charge in [-0.3, -0.25) is 0 Å². The van der Waals surface area contributed by atoms with Crippen molar-refractivity contribution in [3.63, 3.8) is 0 Å². The Kier molecular flexibility index (Phi) is 4.82. The van der Waals surface area contributed by atoms with E-state index < -0.39 is 0 Å². The van der Waals surface area contributed by atoms with E-state index in [9.17, 15) is 0 Å². The SMILES string of the molecule is CSC(C)c1cc(NC2COC2)nc(N2CCOCC2)n1. The van der Waals surface area contributed by atoms with Crippen LogP contribution in [0.15, 0.2) is 6.07 Å². The molecule has 1 N–H and O–H groups in total. The highest BCUT2D eigenvalue weighted by Gasteiger charge is 2.21. The quantitative estimate of drug-likeness (QED) is 0.885. The maximum Gasteiger partial charge on any atom is 0.227 e. The first kappa shape index (κ1) is 14.9. The third-order valence-corrected chi connectivity index (χ3v) is 4.74. The number of hydrogen-bond donors (Lipinski definition) is 1. The lowest BCUT2D eigenvalue weighted by Gasteiger charge is -2.30. The van der Waals surface area contributed by atoms with Gasteiger partial charge >= 0.3 is 0 Å². The highest BCUT2D eigenvalue weighted by Crippen LogP contribution is 2.28. The molecular formula is C14H22N4O2S. The zero-order chi connectivity index (χ0) is 14.7. The van der Waals surface area contributed by atoms with Crippen molar-refractivity contribution in [1.82, 2.24) is 9.97 Å². The van der Waals surface area contributed by atoms with E-state index in [0.717, 1.165) is 57.0 Å². The Balaban J connectivity index is 1.83. The molecule has 21 heavy (non-hydrogen) atoms. The van der Waals surface area contributed by atoms with E-state index >= 15 is 0 Å². The van der Waals surface area contributed by atoms with E-state index in [1.54, 1.807) is 11.8 Å². The van der Waals surface area contributed by atoms with Crippen LogP contribution in [0, 0.1) is 0 Å².